The fourth-order valence-corrected chi connectivity index (χ4v) is 2.38. The molecule has 0 saturated carbocycles. The van der Waals surface area contributed by atoms with E-state index < -0.39 is 4.92 Å². The SMILES string of the molecule is CCCc1nnc(Sc2ccc([N+](=O)[O-])c(C)c2)o1. The van der Waals surface area contributed by atoms with Crippen LogP contribution in [0.25, 0.3) is 0 Å². The lowest BCUT2D eigenvalue weighted by Crippen LogP contribution is -1.91. The minimum Gasteiger partial charge on any atom is -0.416 e. The minimum absolute atomic E-state index is 0.113. The lowest BCUT2D eigenvalue weighted by Gasteiger charge is -2.00. The predicted molar refractivity (Wildman–Crippen MR) is 70.2 cm³/mol. The summed E-state index contributed by atoms with van der Waals surface area (Å²) in [4.78, 5) is 11.2. The van der Waals surface area contributed by atoms with Crippen LogP contribution in [-0.4, -0.2) is 15.1 Å². The molecule has 0 aliphatic rings. The first-order chi connectivity index (χ1) is 9.10. The quantitative estimate of drug-likeness (QED) is 0.616. The van der Waals surface area contributed by atoms with Crippen molar-refractivity contribution in [3.63, 3.8) is 0 Å². The smallest absolute Gasteiger partial charge is 0.281 e. The van der Waals surface area contributed by atoms with Crippen molar-refractivity contribution >= 4 is 17.4 Å². The zero-order chi connectivity index (χ0) is 13.8. The number of hydrogen-bond acceptors (Lipinski definition) is 6. The number of rotatable bonds is 5. The van der Waals surface area contributed by atoms with Gasteiger partial charge < -0.3 is 4.42 Å². The average Bonchev–Trinajstić information content (AvgIpc) is 2.76. The molecule has 0 saturated heterocycles. The molecule has 0 fully saturated rings. The lowest BCUT2D eigenvalue weighted by molar-refractivity contribution is -0.385. The van der Waals surface area contributed by atoms with Crippen LogP contribution in [-0.2, 0) is 6.42 Å². The Labute approximate surface area is 114 Å². The zero-order valence-corrected chi connectivity index (χ0v) is 11.4. The molecular formula is C12H13N3O3S. The third-order valence-corrected chi connectivity index (χ3v) is 3.31. The highest BCUT2D eigenvalue weighted by Gasteiger charge is 2.12. The van der Waals surface area contributed by atoms with E-state index in [1.165, 1.54) is 17.8 Å². The van der Waals surface area contributed by atoms with E-state index in [1.54, 1.807) is 19.1 Å². The van der Waals surface area contributed by atoms with Crippen molar-refractivity contribution in [1.82, 2.24) is 10.2 Å². The number of aromatic nitrogens is 2. The van der Waals surface area contributed by atoms with E-state index in [0.29, 0.717) is 16.7 Å². The molecule has 1 aromatic carbocycles. The largest absolute Gasteiger partial charge is 0.416 e. The van der Waals surface area contributed by atoms with Gasteiger partial charge in [0.25, 0.3) is 10.9 Å². The van der Waals surface area contributed by atoms with Crippen LogP contribution >= 0.6 is 11.8 Å². The van der Waals surface area contributed by atoms with Crippen molar-refractivity contribution in [3.05, 3.63) is 39.8 Å². The van der Waals surface area contributed by atoms with Crippen LogP contribution in [0.5, 0.6) is 0 Å². The van der Waals surface area contributed by atoms with Crippen LogP contribution < -0.4 is 0 Å². The van der Waals surface area contributed by atoms with E-state index in [-0.39, 0.29) is 5.69 Å². The van der Waals surface area contributed by atoms with E-state index in [2.05, 4.69) is 10.2 Å². The maximum absolute atomic E-state index is 10.7. The minimum atomic E-state index is -0.393. The summed E-state index contributed by atoms with van der Waals surface area (Å²) in [6, 6.07) is 4.91. The lowest BCUT2D eigenvalue weighted by atomic mass is 10.2. The summed E-state index contributed by atoms with van der Waals surface area (Å²) in [5.74, 6) is 0.614. The van der Waals surface area contributed by atoms with Crippen molar-refractivity contribution in [1.29, 1.82) is 0 Å². The van der Waals surface area contributed by atoms with Gasteiger partial charge in [0.15, 0.2) is 0 Å². The van der Waals surface area contributed by atoms with Gasteiger partial charge in [0, 0.05) is 22.9 Å². The van der Waals surface area contributed by atoms with Crippen molar-refractivity contribution in [2.24, 2.45) is 0 Å². The molecule has 2 aromatic rings. The Morgan fingerprint density at radius 2 is 2.21 bits per heavy atom. The molecule has 0 radical (unpaired) electrons. The molecule has 100 valence electrons. The van der Waals surface area contributed by atoms with E-state index in [9.17, 15) is 10.1 Å². The second kappa shape index (κ2) is 5.83. The third-order valence-electron chi connectivity index (χ3n) is 2.48. The molecule has 0 atom stereocenters. The molecule has 0 spiro atoms. The molecular weight excluding hydrogens is 266 g/mol. The average molecular weight is 279 g/mol. The summed E-state index contributed by atoms with van der Waals surface area (Å²) in [7, 11) is 0. The van der Waals surface area contributed by atoms with Crippen molar-refractivity contribution in [2.45, 2.75) is 36.8 Å². The number of nitro benzene ring substituents is 1. The first-order valence-corrected chi connectivity index (χ1v) is 6.67. The number of benzene rings is 1. The summed E-state index contributed by atoms with van der Waals surface area (Å²) in [5, 5.41) is 19.0. The Morgan fingerprint density at radius 3 is 2.84 bits per heavy atom. The fourth-order valence-electron chi connectivity index (χ4n) is 1.59. The van der Waals surface area contributed by atoms with E-state index in [1.807, 2.05) is 6.92 Å². The van der Waals surface area contributed by atoms with Gasteiger partial charge in [-0.3, -0.25) is 10.1 Å². The highest BCUT2D eigenvalue weighted by atomic mass is 32.2. The van der Waals surface area contributed by atoms with Crippen molar-refractivity contribution < 1.29 is 9.34 Å². The fraction of sp³-hybridized carbons (Fsp3) is 0.333. The summed E-state index contributed by atoms with van der Waals surface area (Å²) in [6.07, 6.45) is 1.70. The first kappa shape index (κ1) is 13.5. The number of nitrogens with zero attached hydrogens (tertiary/aromatic N) is 3. The Morgan fingerprint density at radius 1 is 1.42 bits per heavy atom. The summed E-state index contributed by atoms with van der Waals surface area (Å²) >= 11 is 1.31. The topological polar surface area (TPSA) is 82.1 Å². The molecule has 2 rings (SSSR count). The van der Waals surface area contributed by atoms with Gasteiger partial charge in [0.1, 0.15) is 0 Å². The van der Waals surface area contributed by atoms with Crippen LogP contribution in [0.15, 0.2) is 32.7 Å². The molecule has 7 heteroatoms. The summed E-state index contributed by atoms with van der Waals surface area (Å²) < 4.78 is 5.45. The Hall–Kier alpha value is -1.89. The van der Waals surface area contributed by atoms with Crippen molar-refractivity contribution in [2.75, 3.05) is 0 Å². The zero-order valence-electron chi connectivity index (χ0n) is 10.6. The van der Waals surface area contributed by atoms with Gasteiger partial charge in [0.05, 0.1) is 4.92 Å². The van der Waals surface area contributed by atoms with Crippen LogP contribution in [0, 0.1) is 17.0 Å². The summed E-state index contributed by atoms with van der Waals surface area (Å²) in [5.41, 5.74) is 0.727. The van der Waals surface area contributed by atoms with Gasteiger partial charge in [-0.15, -0.1) is 10.2 Å². The Kier molecular flexibility index (Phi) is 4.16. The van der Waals surface area contributed by atoms with Gasteiger partial charge in [-0.2, -0.15) is 0 Å². The maximum Gasteiger partial charge on any atom is 0.281 e. The first-order valence-electron chi connectivity index (χ1n) is 5.85. The van der Waals surface area contributed by atoms with Gasteiger partial charge in [0.2, 0.25) is 5.89 Å². The highest BCUT2D eigenvalue weighted by molar-refractivity contribution is 7.99. The van der Waals surface area contributed by atoms with Crippen LogP contribution in [0.1, 0.15) is 24.8 Å². The Balaban J connectivity index is 2.14. The normalized spacial score (nSPS) is 10.6. The maximum atomic E-state index is 10.7. The van der Waals surface area contributed by atoms with Gasteiger partial charge in [-0.1, -0.05) is 6.92 Å². The number of hydrogen-bond donors (Lipinski definition) is 0. The van der Waals surface area contributed by atoms with Gasteiger partial charge >= 0.3 is 0 Å². The molecule has 0 unspecified atom stereocenters. The standard InChI is InChI=1S/C12H13N3O3S/c1-3-4-11-13-14-12(18-11)19-9-5-6-10(15(16)17)8(2)7-9/h5-7H,3-4H2,1-2H3. The second-order valence-electron chi connectivity index (χ2n) is 4.02. The molecule has 1 heterocycles. The van der Waals surface area contributed by atoms with E-state index in [0.717, 1.165) is 17.7 Å². The van der Waals surface area contributed by atoms with Crippen molar-refractivity contribution in [3.8, 4) is 0 Å². The van der Waals surface area contributed by atoms with Gasteiger partial charge in [-0.05, 0) is 37.2 Å². The summed E-state index contributed by atoms with van der Waals surface area (Å²) in [6.45, 7) is 3.75. The molecule has 0 aliphatic heterocycles. The molecule has 0 aliphatic carbocycles. The molecule has 0 N–H and O–H groups in total. The van der Waals surface area contributed by atoms with Crippen LogP contribution in [0.3, 0.4) is 0 Å². The van der Waals surface area contributed by atoms with E-state index >= 15 is 0 Å². The third kappa shape index (κ3) is 3.31. The molecule has 1 aromatic heterocycles. The number of nitro groups is 1. The highest BCUT2D eigenvalue weighted by Crippen LogP contribution is 2.30. The van der Waals surface area contributed by atoms with Crippen LogP contribution in [0.2, 0.25) is 0 Å². The Bertz CT molecular complexity index is 598. The predicted octanol–water partition coefficient (Wildman–Crippen LogP) is 3.39. The van der Waals surface area contributed by atoms with E-state index in [4.69, 9.17) is 4.42 Å². The second-order valence-corrected chi connectivity index (χ2v) is 5.04. The monoisotopic (exact) mass is 279 g/mol. The number of aryl methyl sites for hydroxylation is 2. The molecule has 0 bridgehead atoms. The molecule has 6 nitrogen and oxygen atoms in total. The van der Waals surface area contributed by atoms with Gasteiger partial charge in [-0.25, -0.2) is 0 Å². The van der Waals surface area contributed by atoms with Crippen LogP contribution in [0.4, 0.5) is 5.69 Å². The molecule has 19 heavy (non-hydrogen) atoms. The molecule has 0 amide bonds.